The Hall–Kier alpha value is -1.16. The number of methoxy groups -OCH3 is 1. The molecule has 0 bridgehead atoms. The highest BCUT2D eigenvalue weighted by atomic mass is 79.9. The normalized spacial score (nSPS) is 10.0. The number of rotatable bonds is 3. The van der Waals surface area contributed by atoms with E-state index in [2.05, 4.69) is 15.9 Å². The fraction of sp³-hybridized carbons (Fsp3) is 0.333. The number of carbonyl (C=O) groups excluding carboxylic acids is 2. The molecule has 0 aliphatic carbocycles. The number of hydrogen-bond donors (Lipinski definition) is 0. The second-order valence-corrected chi connectivity index (χ2v) is 4.09. The van der Waals surface area contributed by atoms with Gasteiger partial charge in [0.05, 0.1) is 18.0 Å². The Morgan fingerprint density at radius 3 is 2.12 bits per heavy atom. The third-order valence-corrected chi connectivity index (χ3v) is 2.87. The summed E-state index contributed by atoms with van der Waals surface area (Å²) in [6.07, 6.45) is 0. The van der Waals surface area contributed by atoms with E-state index in [1.54, 1.807) is 26.0 Å². The number of Topliss-reactive ketones (excluding diaryl/α,β-unsaturated/α-hetero) is 1. The van der Waals surface area contributed by atoms with Crippen molar-refractivity contribution in [3.8, 4) is 0 Å². The summed E-state index contributed by atoms with van der Waals surface area (Å²) in [5, 5.41) is 0.281. The maximum atomic E-state index is 11.5. The van der Waals surface area contributed by atoms with Crippen LogP contribution in [-0.4, -0.2) is 24.2 Å². The van der Waals surface area contributed by atoms with E-state index in [1.165, 1.54) is 7.11 Å². The van der Waals surface area contributed by atoms with Crippen molar-refractivity contribution < 1.29 is 14.3 Å². The average Bonchev–Trinajstić information content (AvgIpc) is 2.26. The highest BCUT2D eigenvalue weighted by Gasteiger charge is 2.15. The van der Waals surface area contributed by atoms with Crippen LogP contribution in [-0.2, 0) is 4.74 Å². The van der Waals surface area contributed by atoms with Gasteiger partial charge in [0.15, 0.2) is 5.78 Å². The minimum Gasteiger partial charge on any atom is -0.465 e. The van der Waals surface area contributed by atoms with Crippen molar-refractivity contribution >= 4 is 27.7 Å². The van der Waals surface area contributed by atoms with E-state index in [9.17, 15) is 9.59 Å². The summed E-state index contributed by atoms with van der Waals surface area (Å²) in [6, 6.07) is 3.42. The lowest BCUT2D eigenvalue weighted by molar-refractivity contribution is 0.0598. The van der Waals surface area contributed by atoms with Crippen LogP contribution in [0.1, 0.15) is 31.8 Å². The molecule has 3 nitrogen and oxygen atoms in total. The van der Waals surface area contributed by atoms with Crippen LogP contribution in [0.3, 0.4) is 0 Å². The molecule has 1 rings (SSSR count). The smallest absolute Gasteiger partial charge is 0.338 e. The van der Waals surface area contributed by atoms with Gasteiger partial charge in [-0.25, -0.2) is 4.79 Å². The lowest BCUT2D eigenvalue weighted by Gasteiger charge is -2.09. The average molecular weight is 285 g/mol. The summed E-state index contributed by atoms with van der Waals surface area (Å²) >= 11 is 3.12. The number of ketones is 1. The zero-order valence-corrected chi connectivity index (χ0v) is 11.1. The van der Waals surface area contributed by atoms with E-state index in [1.807, 2.05) is 0 Å². The summed E-state index contributed by atoms with van der Waals surface area (Å²) < 4.78 is 4.69. The van der Waals surface area contributed by atoms with Gasteiger partial charge in [-0.3, -0.25) is 4.79 Å². The number of hydrogen-bond acceptors (Lipinski definition) is 3. The van der Waals surface area contributed by atoms with Crippen LogP contribution in [0.2, 0.25) is 0 Å². The molecule has 0 aliphatic rings. The molecule has 0 amide bonds. The van der Waals surface area contributed by atoms with Gasteiger partial charge >= 0.3 is 5.97 Å². The molecule has 16 heavy (non-hydrogen) atoms. The molecule has 0 spiro atoms. The minimum atomic E-state index is -0.368. The van der Waals surface area contributed by atoms with E-state index >= 15 is 0 Å². The molecule has 0 aliphatic heterocycles. The van der Waals surface area contributed by atoms with Crippen molar-refractivity contribution in [1.29, 1.82) is 0 Å². The van der Waals surface area contributed by atoms with E-state index in [4.69, 9.17) is 4.74 Å². The molecule has 0 heterocycles. The van der Waals surface area contributed by atoms with E-state index < -0.39 is 0 Å². The number of ether oxygens (including phenoxy) is 1. The molecule has 0 saturated heterocycles. The van der Waals surface area contributed by atoms with Crippen LogP contribution in [0.15, 0.2) is 12.1 Å². The molecular weight excluding hydrogens is 272 g/mol. The predicted octanol–water partition coefficient (Wildman–Crippen LogP) is 2.67. The van der Waals surface area contributed by atoms with Gasteiger partial charge < -0.3 is 4.74 Å². The highest BCUT2D eigenvalue weighted by molar-refractivity contribution is 9.09. The van der Waals surface area contributed by atoms with Gasteiger partial charge in [0, 0.05) is 5.56 Å². The molecule has 0 aromatic heterocycles. The second kappa shape index (κ2) is 5.25. The summed E-state index contributed by atoms with van der Waals surface area (Å²) in [7, 11) is 1.35. The van der Waals surface area contributed by atoms with Crippen molar-refractivity contribution in [2.45, 2.75) is 13.8 Å². The molecule has 0 N–H and O–H groups in total. The van der Waals surface area contributed by atoms with Gasteiger partial charge in [0.1, 0.15) is 0 Å². The second-order valence-electron chi connectivity index (χ2n) is 3.53. The molecule has 0 atom stereocenters. The third kappa shape index (κ3) is 2.50. The van der Waals surface area contributed by atoms with Crippen LogP contribution >= 0.6 is 15.9 Å². The Morgan fingerprint density at radius 2 is 1.75 bits per heavy atom. The van der Waals surface area contributed by atoms with E-state index in [0.29, 0.717) is 11.1 Å². The van der Waals surface area contributed by atoms with Crippen molar-refractivity contribution in [2.24, 2.45) is 0 Å². The largest absolute Gasteiger partial charge is 0.465 e. The van der Waals surface area contributed by atoms with Gasteiger partial charge in [-0.2, -0.15) is 0 Å². The fourth-order valence-electron chi connectivity index (χ4n) is 1.63. The number of halogens is 1. The zero-order valence-electron chi connectivity index (χ0n) is 9.46. The first-order valence-corrected chi connectivity index (χ1v) is 5.92. The third-order valence-electron chi connectivity index (χ3n) is 2.37. The molecule has 0 radical (unpaired) electrons. The number of esters is 1. The fourth-order valence-corrected chi connectivity index (χ4v) is 1.95. The lowest BCUT2D eigenvalue weighted by atomic mass is 9.98. The Balaban J connectivity index is 3.28. The molecule has 1 aromatic rings. The van der Waals surface area contributed by atoms with Crippen molar-refractivity contribution in [3.05, 3.63) is 34.4 Å². The Bertz CT molecular complexity index is 415. The van der Waals surface area contributed by atoms with E-state index in [-0.39, 0.29) is 17.1 Å². The van der Waals surface area contributed by atoms with Crippen molar-refractivity contribution in [3.63, 3.8) is 0 Å². The maximum absolute atomic E-state index is 11.5. The van der Waals surface area contributed by atoms with Crippen LogP contribution in [0.25, 0.3) is 0 Å². The Labute approximate surface area is 103 Å². The molecule has 0 unspecified atom stereocenters. The first-order chi connectivity index (χ1) is 7.51. The van der Waals surface area contributed by atoms with Crippen LogP contribution < -0.4 is 0 Å². The summed E-state index contributed by atoms with van der Waals surface area (Å²) in [4.78, 5) is 23.0. The van der Waals surface area contributed by atoms with Crippen LogP contribution in [0.4, 0.5) is 0 Å². The minimum absolute atomic E-state index is 0.00242. The predicted molar refractivity (Wildman–Crippen MR) is 65.4 cm³/mol. The van der Waals surface area contributed by atoms with Crippen LogP contribution in [0.5, 0.6) is 0 Å². The number of aryl methyl sites for hydroxylation is 2. The number of carbonyl (C=O) groups is 2. The quantitative estimate of drug-likeness (QED) is 0.487. The van der Waals surface area contributed by atoms with Gasteiger partial charge in [0.2, 0.25) is 0 Å². The molecule has 1 aromatic carbocycles. The number of benzene rings is 1. The summed E-state index contributed by atoms with van der Waals surface area (Å²) in [6.45, 7) is 3.59. The molecular formula is C12H13BrO3. The molecule has 4 heteroatoms. The zero-order chi connectivity index (χ0) is 12.3. The lowest BCUT2D eigenvalue weighted by Crippen LogP contribution is -2.09. The number of alkyl halides is 1. The Kier molecular flexibility index (Phi) is 4.24. The highest BCUT2D eigenvalue weighted by Crippen LogP contribution is 2.18. The first kappa shape index (κ1) is 12.9. The maximum Gasteiger partial charge on any atom is 0.338 e. The molecule has 86 valence electrons. The summed E-state index contributed by atoms with van der Waals surface area (Å²) in [5.41, 5.74) is 2.67. The van der Waals surface area contributed by atoms with Gasteiger partial charge in [-0.15, -0.1) is 0 Å². The monoisotopic (exact) mass is 284 g/mol. The Morgan fingerprint density at radius 1 is 1.25 bits per heavy atom. The van der Waals surface area contributed by atoms with Gasteiger partial charge in [-0.1, -0.05) is 15.9 Å². The van der Waals surface area contributed by atoms with Crippen molar-refractivity contribution in [2.75, 3.05) is 12.4 Å². The van der Waals surface area contributed by atoms with Crippen molar-refractivity contribution in [1.82, 2.24) is 0 Å². The van der Waals surface area contributed by atoms with Gasteiger partial charge in [-0.05, 0) is 37.1 Å². The molecule has 0 saturated carbocycles. The van der Waals surface area contributed by atoms with E-state index in [0.717, 1.165) is 11.1 Å². The SMILES string of the molecule is COC(=O)c1c(C)cc(C(=O)CBr)cc1C. The van der Waals surface area contributed by atoms with Crippen LogP contribution in [0, 0.1) is 13.8 Å². The first-order valence-electron chi connectivity index (χ1n) is 4.80. The molecule has 0 fully saturated rings. The topological polar surface area (TPSA) is 43.4 Å². The summed E-state index contributed by atoms with van der Waals surface area (Å²) in [5.74, 6) is -0.365. The van der Waals surface area contributed by atoms with Gasteiger partial charge in [0.25, 0.3) is 0 Å². The standard InChI is InChI=1S/C12H13BrO3/c1-7-4-9(10(14)6-13)5-8(2)11(7)12(15)16-3/h4-5H,6H2,1-3H3.